The van der Waals surface area contributed by atoms with Crippen molar-refractivity contribution in [3.8, 4) is 0 Å². The normalized spacial score (nSPS) is 10.9. The van der Waals surface area contributed by atoms with Crippen LogP contribution >= 0.6 is 11.3 Å². The molecule has 0 radical (unpaired) electrons. The van der Waals surface area contributed by atoms with Crippen molar-refractivity contribution in [1.82, 2.24) is 4.98 Å². The second-order valence-corrected chi connectivity index (χ2v) is 5.56. The summed E-state index contributed by atoms with van der Waals surface area (Å²) in [5.41, 5.74) is 6.81. The van der Waals surface area contributed by atoms with Crippen molar-refractivity contribution in [2.45, 2.75) is 33.0 Å². The molecule has 18 heavy (non-hydrogen) atoms. The number of hydrogen-bond acceptors (Lipinski definition) is 4. The van der Waals surface area contributed by atoms with E-state index < -0.39 is 0 Å². The highest BCUT2D eigenvalue weighted by atomic mass is 32.1. The van der Waals surface area contributed by atoms with Gasteiger partial charge < -0.3 is 10.6 Å². The van der Waals surface area contributed by atoms with Gasteiger partial charge in [-0.3, -0.25) is 0 Å². The second kappa shape index (κ2) is 5.98. The van der Waals surface area contributed by atoms with Crippen molar-refractivity contribution < 1.29 is 0 Å². The van der Waals surface area contributed by atoms with Gasteiger partial charge in [0.05, 0.1) is 6.54 Å². The van der Waals surface area contributed by atoms with Gasteiger partial charge in [0.1, 0.15) is 5.82 Å². The van der Waals surface area contributed by atoms with Crippen LogP contribution in [0, 0.1) is 0 Å². The van der Waals surface area contributed by atoms with E-state index in [1.54, 1.807) is 11.3 Å². The second-order valence-electron chi connectivity index (χ2n) is 4.53. The zero-order valence-corrected chi connectivity index (χ0v) is 11.7. The lowest BCUT2D eigenvalue weighted by molar-refractivity contribution is 0.676. The molecule has 0 aliphatic carbocycles. The van der Waals surface area contributed by atoms with Crippen molar-refractivity contribution in [3.05, 3.63) is 46.3 Å². The van der Waals surface area contributed by atoms with Crippen molar-refractivity contribution in [3.63, 3.8) is 0 Å². The Morgan fingerprint density at radius 1 is 1.39 bits per heavy atom. The Morgan fingerprint density at radius 3 is 2.83 bits per heavy atom. The van der Waals surface area contributed by atoms with E-state index in [9.17, 15) is 0 Å². The molecule has 2 aromatic heterocycles. The number of pyridine rings is 1. The Balaban J connectivity index is 2.23. The zero-order valence-electron chi connectivity index (χ0n) is 10.8. The Morgan fingerprint density at radius 2 is 2.22 bits per heavy atom. The molecule has 2 aromatic rings. The molecule has 2 N–H and O–H groups in total. The van der Waals surface area contributed by atoms with Gasteiger partial charge in [-0.1, -0.05) is 6.07 Å². The van der Waals surface area contributed by atoms with Crippen LogP contribution in [0.5, 0.6) is 0 Å². The van der Waals surface area contributed by atoms with Gasteiger partial charge >= 0.3 is 0 Å². The number of hydrogen-bond donors (Lipinski definition) is 1. The van der Waals surface area contributed by atoms with Crippen LogP contribution in [0.4, 0.5) is 5.82 Å². The van der Waals surface area contributed by atoms with Crippen molar-refractivity contribution in [2.75, 3.05) is 4.90 Å². The fourth-order valence-corrected chi connectivity index (χ4v) is 2.55. The van der Waals surface area contributed by atoms with Gasteiger partial charge in [0.25, 0.3) is 0 Å². The summed E-state index contributed by atoms with van der Waals surface area (Å²) in [6, 6.07) is 8.70. The van der Waals surface area contributed by atoms with Crippen molar-refractivity contribution in [1.29, 1.82) is 0 Å². The van der Waals surface area contributed by atoms with E-state index in [1.165, 1.54) is 4.88 Å². The Labute approximate surface area is 112 Å². The first-order chi connectivity index (χ1) is 8.70. The van der Waals surface area contributed by atoms with Crippen LogP contribution < -0.4 is 10.6 Å². The third-order valence-electron chi connectivity index (χ3n) is 2.87. The largest absolute Gasteiger partial charge is 0.349 e. The summed E-state index contributed by atoms with van der Waals surface area (Å²) in [5, 5.41) is 2.11. The molecule has 4 heteroatoms. The van der Waals surface area contributed by atoms with E-state index >= 15 is 0 Å². The summed E-state index contributed by atoms with van der Waals surface area (Å²) in [5.74, 6) is 1.00. The first kappa shape index (κ1) is 13.1. The van der Waals surface area contributed by atoms with Gasteiger partial charge in [0.2, 0.25) is 0 Å². The van der Waals surface area contributed by atoms with Crippen LogP contribution in [-0.4, -0.2) is 11.0 Å². The third kappa shape index (κ3) is 3.09. The lowest BCUT2D eigenvalue weighted by Crippen LogP contribution is -2.30. The average Bonchev–Trinajstić information content (AvgIpc) is 2.88. The summed E-state index contributed by atoms with van der Waals surface area (Å²) in [6.45, 7) is 5.83. The molecule has 0 saturated carbocycles. The fraction of sp³-hybridized carbons (Fsp3) is 0.357. The molecular weight excluding hydrogens is 242 g/mol. The summed E-state index contributed by atoms with van der Waals surface area (Å²) in [6.07, 6.45) is 1.83. The van der Waals surface area contributed by atoms with Crippen molar-refractivity contribution >= 4 is 17.2 Å². The molecule has 0 aliphatic rings. The first-order valence-corrected chi connectivity index (χ1v) is 7.02. The molecule has 96 valence electrons. The Hall–Kier alpha value is -1.39. The van der Waals surface area contributed by atoms with Gasteiger partial charge in [-0.2, -0.15) is 0 Å². The molecule has 0 atom stereocenters. The van der Waals surface area contributed by atoms with Crippen LogP contribution in [0.25, 0.3) is 0 Å². The van der Waals surface area contributed by atoms with E-state index in [1.807, 2.05) is 12.3 Å². The zero-order chi connectivity index (χ0) is 13.0. The predicted molar refractivity (Wildman–Crippen MR) is 77.8 cm³/mol. The van der Waals surface area contributed by atoms with Crippen LogP contribution in [0.3, 0.4) is 0 Å². The fourth-order valence-electron chi connectivity index (χ4n) is 1.84. The van der Waals surface area contributed by atoms with Crippen LogP contribution in [0.2, 0.25) is 0 Å². The van der Waals surface area contributed by atoms with Crippen LogP contribution in [0.1, 0.15) is 24.3 Å². The minimum atomic E-state index is 0.410. The average molecular weight is 261 g/mol. The number of anilines is 1. The lowest BCUT2D eigenvalue weighted by Gasteiger charge is -2.27. The molecule has 0 spiro atoms. The standard InChI is InChI=1S/C14H19N3S/c1-11(2)17(10-13-4-3-7-18-13)14-8-12(9-15)5-6-16-14/h3-8,11H,9-10,15H2,1-2H3. The number of nitrogens with zero attached hydrogens (tertiary/aromatic N) is 2. The van der Waals surface area contributed by atoms with Gasteiger partial charge in [0.15, 0.2) is 0 Å². The van der Waals surface area contributed by atoms with E-state index in [-0.39, 0.29) is 0 Å². The van der Waals surface area contributed by atoms with E-state index in [0.717, 1.165) is 17.9 Å². The van der Waals surface area contributed by atoms with E-state index in [4.69, 9.17) is 5.73 Å². The molecule has 3 nitrogen and oxygen atoms in total. The molecule has 2 rings (SSSR count). The summed E-state index contributed by atoms with van der Waals surface area (Å²) < 4.78 is 0. The molecule has 0 unspecified atom stereocenters. The predicted octanol–water partition coefficient (Wildman–Crippen LogP) is 3.02. The van der Waals surface area contributed by atoms with Gasteiger partial charge in [-0.15, -0.1) is 11.3 Å². The highest BCUT2D eigenvalue weighted by Gasteiger charge is 2.13. The number of thiophene rings is 1. The first-order valence-electron chi connectivity index (χ1n) is 6.14. The molecular formula is C14H19N3S. The molecule has 0 bridgehead atoms. The van der Waals surface area contributed by atoms with Crippen LogP contribution in [0.15, 0.2) is 35.8 Å². The third-order valence-corrected chi connectivity index (χ3v) is 3.73. The summed E-state index contributed by atoms with van der Waals surface area (Å²) in [7, 11) is 0. The molecule has 0 aromatic carbocycles. The Bertz CT molecular complexity index is 480. The van der Waals surface area contributed by atoms with Gasteiger partial charge in [-0.05, 0) is 43.0 Å². The SMILES string of the molecule is CC(C)N(Cc1cccs1)c1cc(CN)ccn1. The van der Waals surface area contributed by atoms with Crippen LogP contribution in [-0.2, 0) is 13.1 Å². The Kier molecular flexibility index (Phi) is 4.33. The van der Waals surface area contributed by atoms with Gasteiger partial charge in [0, 0.05) is 23.7 Å². The summed E-state index contributed by atoms with van der Waals surface area (Å²) >= 11 is 1.78. The van der Waals surface area contributed by atoms with Crippen molar-refractivity contribution in [2.24, 2.45) is 5.73 Å². The smallest absolute Gasteiger partial charge is 0.129 e. The maximum absolute atomic E-state index is 5.69. The monoisotopic (exact) mass is 261 g/mol. The van der Waals surface area contributed by atoms with E-state index in [0.29, 0.717) is 12.6 Å². The molecule has 0 amide bonds. The summed E-state index contributed by atoms with van der Waals surface area (Å²) in [4.78, 5) is 8.11. The topological polar surface area (TPSA) is 42.1 Å². The molecule has 0 fully saturated rings. The minimum absolute atomic E-state index is 0.410. The molecule has 2 heterocycles. The maximum Gasteiger partial charge on any atom is 0.129 e. The highest BCUT2D eigenvalue weighted by Crippen LogP contribution is 2.20. The lowest BCUT2D eigenvalue weighted by atomic mass is 10.2. The number of rotatable bonds is 5. The highest BCUT2D eigenvalue weighted by molar-refractivity contribution is 7.09. The molecule has 0 aliphatic heterocycles. The maximum atomic E-state index is 5.69. The van der Waals surface area contributed by atoms with Gasteiger partial charge in [-0.25, -0.2) is 4.98 Å². The molecule has 0 saturated heterocycles. The minimum Gasteiger partial charge on any atom is -0.349 e. The quantitative estimate of drug-likeness (QED) is 0.899. The number of nitrogens with two attached hydrogens (primary N) is 1. The number of aromatic nitrogens is 1. The van der Waals surface area contributed by atoms with E-state index in [2.05, 4.69) is 47.3 Å².